The van der Waals surface area contributed by atoms with Crippen molar-refractivity contribution in [3.63, 3.8) is 0 Å². The molecule has 0 radical (unpaired) electrons. The van der Waals surface area contributed by atoms with Gasteiger partial charge in [0.05, 0.1) is 13.0 Å². The molecule has 1 N–H and O–H groups in total. The van der Waals surface area contributed by atoms with Gasteiger partial charge in [-0.1, -0.05) is 12.1 Å². The van der Waals surface area contributed by atoms with E-state index >= 15 is 0 Å². The number of hydrogen-bond donors (Lipinski definition) is 1. The molecule has 3 nitrogen and oxygen atoms in total. The first-order valence-corrected chi connectivity index (χ1v) is 7.51. The zero-order chi connectivity index (χ0) is 14.4. The van der Waals surface area contributed by atoms with Gasteiger partial charge in [-0.05, 0) is 48.6 Å². The molecular formula is C16H19NO2S. The number of benzene rings is 1. The molecule has 0 aliphatic carbocycles. The third kappa shape index (κ3) is 4.70. The number of hydrogen-bond acceptors (Lipinski definition) is 3. The highest BCUT2D eigenvalue weighted by Gasteiger charge is 2.03. The molecule has 1 heterocycles. The van der Waals surface area contributed by atoms with Crippen molar-refractivity contribution in [3.8, 4) is 5.75 Å². The van der Waals surface area contributed by atoms with Crippen LogP contribution < -0.4 is 10.1 Å². The summed E-state index contributed by atoms with van der Waals surface area (Å²) < 4.78 is 5.64. The Hall–Kier alpha value is -1.81. The summed E-state index contributed by atoms with van der Waals surface area (Å²) in [6.45, 7) is 5.10. The Morgan fingerprint density at radius 2 is 2.00 bits per heavy atom. The van der Waals surface area contributed by atoms with Crippen molar-refractivity contribution in [3.05, 3.63) is 51.7 Å². The molecule has 0 aliphatic rings. The van der Waals surface area contributed by atoms with Crippen LogP contribution in [0, 0.1) is 13.8 Å². The first-order chi connectivity index (χ1) is 9.63. The van der Waals surface area contributed by atoms with Gasteiger partial charge >= 0.3 is 0 Å². The van der Waals surface area contributed by atoms with E-state index in [-0.39, 0.29) is 5.91 Å². The van der Waals surface area contributed by atoms with Crippen LogP contribution in [-0.2, 0) is 11.2 Å². The summed E-state index contributed by atoms with van der Waals surface area (Å²) in [5.41, 5.74) is 2.36. The normalized spacial score (nSPS) is 10.3. The maximum absolute atomic E-state index is 11.7. The number of rotatable bonds is 6. The molecule has 2 rings (SSSR count). The lowest BCUT2D eigenvalue weighted by Crippen LogP contribution is -2.29. The predicted octanol–water partition coefficient (Wildman–Crippen LogP) is 3.10. The van der Waals surface area contributed by atoms with Crippen molar-refractivity contribution in [2.24, 2.45) is 0 Å². The third-order valence-corrected chi connectivity index (χ3v) is 3.68. The number of thiophene rings is 1. The molecule has 2 aromatic rings. The second-order valence-electron chi connectivity index (χ2n) is 4.78. The molecule has 0 saturated carbocycles. The van der Waals surface area contributed by atoms with E-state index in [4.69, 9.17) is 4.74 Å². The number of aryl methyl sites for hydroxylation is 2. The summed E-state index contributed by atoms with van der Waals surface area (Å²) in [4.78, 5) is 12.8. The molecule has 0 atom stereocenters. The maximum atomic E-state index is 11.7. The van der Waals surface area contributed by atoms with E-state index in [2.05, 4.69) is 11.4 Å². The minimum absolute atomic E-state index is 0.0384. The second-order valence-corrected chi connectivity index (χ2v) is 5.81. The van der Waals surface area contributed by atoms with Crippen LogP contribution in [0.5, 0.6) is 5.75 Å². The fourth-order valence-electron chi connectivity index (χ4n) is 2.01. The second kappa shape index (κ2) is 7.10. The van der Waals surface area contributed by atoms with Crippen LogP contribution in [0.3, 0.4) is 0 Å². The van der Waals surface area contributed by atoms with Crippen LogP contribution in [0.1, 0.15) is 16.0 Å². The van der Waals surface area contributed by atoms with E-state index < -0.39 is 0 Å². The molecule has 1 aromatic carbocycles. The van der Waals surface area contributed by atoms with Crippen LogP contribution >= 0.6 is 11.3 Å². The van der Waals surface area contributed by atoms with Gasteiger partial charge in [0.1, 0.15) is 12.4 Å². The molecule has 0 bridgehead atoms. The molecule has 0 saturated heterocycles. The number of ether oxygens (including phenoxy) is 1. The van der Waals surface area contributed by atoms with E-state index in [0.717, 1.165) is 10.6 Å². The minimum atomic E-state index is 0.0384. The third-order valence-electron chi connectivity index (χ3n) is 2.80. The molecule has 0 spiro atoms. The van der Waals surface area contributed by atoms with Crippen molar-refractivity contribution in [1.82, 2.24) is 5.32 Å². The van der Waals surface area contributed by atoms with Gasteiger partial charge in [0, 0.05) is 4.88 Å². The smallest absolute Gasteiger partial charge is 0.225 e. The van der Waals surface area contributed by atoms with Crippen LogP contribution in [0.4, 0.5) is 0 Å². The van der Waals surface area contributed by atoms with Crippen molar-refractivity contribution >= 4 is 17.2 Å². The topological polar surface area (TPSA) is 38.3 Å². The maximum Gasteiger partial charge on any atom is 0.225 e. The predicted molar refractivity (Wildman–Crippen MR) is 82.4 cm³/mol. The molecule has 0 aliphatic heterocycles. The highest BCUT2D eigenvalue weighted by atomic mass is 32.1. The van der Waals surface area contributed by atoms with Gasteiger partial charge in [-0.25, -0.2) is 0 Å². The standard InChI is InChI=1S/C16H19NO2S/c1-12-8-13(2)10-14(9-12)19-6-5-17-16(18)11-15-4-3-7-20-15/h3-4,7-10H,5-6,11H2,1-2H3,(H,17,18). The van der Waals surface area contributed by atoms with Crippen LogP contribution in [-0.4, -0.2) is 19.1 Å². The van der Waals surface area contributed by atoms with Crippen LogP contribution in [0.25, 0.3) is 0 Å². The summed E-state index contributed by atoms with van der Waals surface area (Å²) in [5, 5.41) is 4.84. The number of amides is 1. The van der Waals surface area contributed by atoms with Crippen molar-refractivity contribution < 1.29 is 9.53 Å². The first kappa shape index (κ1) is 14.6. The molecule has 0 unspecified atom stereocenters. The number of nitrogens with one attached hydrogen (secondary N) is 1. The van der Waals surface area contributed by atoms with Crippen molar-refractivity contribution in [1.29, 1.82) is 0 Å². The van der Waals surface area contributed by atoms with Gasteiger partial charge in [0.15, 0.2) is 0 Å². The van der Waals surface area contributed by atoms with Gasteiger partial charge in [0.25, 0.3) is 0 Å². The zero-order valence-electron chi connectivity index (χ0n) is 11.8. The fraction of sp³-hybridized carbons (Fsp3) is 0.312. The Labute approximate surface area is 123 Å². The summed E-state index contributed by atoms with van der Waals surface area (Å²) in [6, 6.07) is 10.0. The highest BCUT2D eigenvalue weighted by molar-refractivity contribution is 7.10. The molecule has 1 aromatic heterocycles. The lowest BCUT2D eigenvalue weighted by molar-refractivity contribution is -0.120. The summed E-state index contributed by atoms with van der Waals surface area (Å²) in [5.74, 6) is 0.895. The van der Waals surface area contributed by atoms with Gasteiger partial charge in [0.2, 0.25) is 5.91 Å². The fourth-order valence-corrected chi connectivity index (χ4v) is 2.71. The van der Waals surface area contributed by atoms with Crippen LogP contribution in [0.2, 0.25) is 0 Å². The van der Waals surface area contributed by atoms with E-state index in [1.54, 1.807) is 11.3 Å². The molecular weight excluding hydrogens is 270 g/mol. The Bertz CT molecular complexity index is 544. The SMILES string of the molecule is Cc1cc(C)cc(OCCNC(=O)Cc2cccs2)c1. The largest absolute Gasteiger partial charge is 0.492 e. The quantitative estimate of drug-likeness (QED) is 0.830. The van der Waals surface area contributed by atoms with Crippen molar-refractivity contribution in [2.75, 3.05) is 13.2 Å². The number of carbonyl (C=O) groups is 1. The molecule has 106 valence electrons. The Balaban J connectivity index is 1.69. The molecule has 20 heavy (non-hydrogen) atoms. The first-order valence-electron chi connectivity index (χ1n) is 6.63. The molecule has 0 fully saturated rings. The van der Waals surface area contributed by atoms with E-state index in [1.165, 1.54) is 11.1 Å². The average Bonchev–Trinajstić information content (AvgIpc) is 2.86. The lowest BCUT2D eigenvalue weighted by Gasteiger charge is -2.09. The van der Waals surface area contributed by atoms with E-state index in [1.807, 2.05) is 43.5 Å². The summed E-state index contributed by atoms with van der Waals surface area (Å²) in [6.07, 6.45) is 0.446. The molecule has 4 heteroatoms. The highest BCUT2D eigenvalue weighted by Crippen LogP contribution is 2.15. The van der Waals surface area contributed by atoms with Crippen molar-refractivity contribution in [2.45, 2.75) is 20.3 Å². The van der Waals surface area contributed by atoms with Gasteiger partial charge < -0.3 is 10.1 Å². The van der Waals surface area contributed by atoms with Crippen LogP contribution in [0.15, 0.2) is 35.7 Å². The van der Waals surface area contributed by atoms with Gasteiger partial charge in [-0.2, -0.15) is 0 Å². The zero-order valence-corrected chi connectivity index (χ0v) is 12.6. The summed E-state index contributed by atoms with van der Waals surface area (Å²) in [7, 11) is 0. The lowest BCUT2D eigenvalue weighted by atomic mass is 10.1. The van der Waals surface area contributed by atoms with E-state index in [9.17, 15) is 4.79 Å². The van der Waals surface area contributed by atoms with Gasteiger partial charge in [-0.15, -0.1) is 11.3 Å². The Kier molecular flexibility index (Phi) is 5.18. The van der Waals surface area contributed by atoms with E-state index in [0.29, 0.717) is 19.6 Å². The molecule has 1 amide bonds. The van der Waals surface area contributed by atoms with Gasteiger partial charge in [-0.3, -0.25) is 4.79 Å². The monoisotopic (exact) mass is 289 g/mol. The minimum Gasteiger partial charge on any atom is -0.492 e. The summed E-state index contributed by atoms with van der Waals surface area (Å²) >= 11 is 1.60. The number of carbonyl (C=O) groups excluding carboxylic acids is 1. The Morgan fingerprint density at radius 1 is 1.25 bits per heavy atom. The average molecular weight is 289 g/mol. The Morgan fingerprint density at radius 3 is 2.65 bits per heavy atom.